The molecule has 0 radical (unpaired) electrons. The van der Waals surface area contributed by atoms with Gasteiger partial charge < -0.3 is 24.4 Å². The molecule has 2 rings (SSSR count). The molecule has 1 aromatic carbocycles. The Morgan fingerprint density at radius 2 is 1.59 bits per heavy atom. The Bertz CT molecular complexity index is 632. The number of methoxy groups -OCH3 is 3. The van der Waals surface area contributed by atoms with Crippen molar-refractivity contribution in [3.63, 3.8) is 0 Å². The lowest BCUT2D eigenvalue weighted by molar-refractivity contribution is -0.122. The Balaban J connectivity index is 2.00. The Hall–Kier alpha value is -2.48. The van der Waals surface area contributed by atoms with Gasteiger partial charge in [0.2, 0.25) is 11.7 Å². The first-order valence-electron chi connectivity index (χ1n) is 9.12. The zero-order valence-electron chi connectivity index (χ0n) is 16.5. The van der Waals surface area contributed by atoms with Crippen molar-refractivity contribution in [2.24, 2.45) is 0 Å². The summed E-state index contributed by atoms with van der Waals surface area (Å²) in [7, 11) is 4.57. The Morgan fingerprint density at radius 1 is 1.00 bits per heavy atom. The SMILES string of the molecule is CCCNC(=O)CN1CCN(C(=O)c2cc(OC)c(OC)c(OC)c2)CC1. The van der Waals surface area contributed by atoms with Crippen LogP contribution >= 0.6 is 0 Å². The third-order valence-electron chi connectivity index (χ3n) is 4.51. The van der Waals surface area contributed by atoms with Gasteiger partial charge in [-0.05, 0) is 18.6 Å². The Morgan fingerprint density at radius 3 is 2.07 bits per heavy atom. The maximum atomic E-state index is 12.9. The van der Waals surface area contributed by atoms with E-state index < -0.39 is 0 Å². The van der Waals surface area contributed by atoms with Gasteiger partial charge in [-0.3, -0.25) is 14.5 Å². The molecule has 2 amide bonds. The van der Waals surface area contributed by atoms with Crippen molar-refractivity contribution in [1.82, 2.24) is 15.1 Å². The largest absolute Gasteiger partial charge is 0.493 e. The molecule has 1 saturated heterocycles. The number of rotatable bonds is 8. The minimum atomic E-state index is -0.0932. The monoisotopic (exact) mass is 379 g/mol. The van der Waals surface area contributed by atoms with Crippen LogP contribution in [0.3, 0.4) is 0 Å². The molecule has 1 N–H and O–H groups in total. The van der Waals surface area contributed by atoms with Gasteiger partial charge in [0.25, 0.3) is 5.91 Å². The van der Waals surface area contributed by atoms with Gasteiger partial charge in [0.1, 0.15) is 0 Å². The molecule has 0 saturated carbocycles. The molecule has 0 aromatic heterocycles. The summed E-state index contributed by atoms with van der Waals surface area (Å²) in [6.07, 6.45) is 0.919. The van der Waals surface area contributed by atoms with E-state index in [1.54, 1.807) is 17.0 Å². The molecular formula is C19H29N3O5. The molecule has 8 heteroatoms. The minimum absolute atomic E-state index is 0.0289. The number of amides is 2. The van der Waals surface area contributed by atoms with Crippen molar-refractivity contribution in [2.75, 3.05) is 60.6 Å². The Labute approximate surface area is 160 Å². The molecule has 1 fully saturated rings. The number of carbonyl (C=O) groups excluding carboxylic acids is 2. The molecule has 0 aliphatic carbocycles. The second-order valence-electron chi connectivity index (χ2n) is 6.33. The van der Waals surface area contributed by atoms with Gasteiger partial charge in [0.15, 0.2) is 11.5 Å². The van der Waals surface area contributed by atoms with Gasteiger partial charge in [-0.1, -0.05) is 6.92 Å². The highest BCUT2D eigenvalue weighted by molar-refractivity contribution is 5.95. The van der Waals surface area contributed by atoms with Crippen molar-refractivity contribution < 1.29 is 23.8 Å². The zero-order chi connectivity index (χ0) is 19.8. The molecule has 1 aliphatic heterocycles. The standard InChI is InChI=1S/C19H29N3O5/c1-5-6-20-17(23)13-21-7-9-22(10-8-21)19(24)14-11-15(25-2)18(27-4)16(12-14)26-3/h11-12H,5-10,13H2,1-4H3,(H,20,23). The van der Waals surface area contributed by atoms with E-state index in [9.17, 15) is 9.59 Å². The maximum Gasteiger partial charge on any atom is 0.254 e. The van der Waals surface area contributed by atoms with Crippen LogP contribution in [0.2, 0.25) is 0 Å². The molecule has 0 bridgehead atoms. The summed E-state index contributed by atoms with van der Waals surface area (Å²) >= 11 is 0. The summed E-state index contributed by atoms with van der Waals surface area (Å²) in [4.78, 5) is 28.6. The van der Waals surface area contributed by atoms with E-state index in [2.05, 4.69) is 10.2 Å². The number of benzene rings is 1. The number of hydrogen-bond acceptors (Lipinski definition) is 6. The maximum absolute atomic E-state index is 12.9. The van der Waals surface area contributed by atoms with Crippen molar-refractivity contribution in [2.45, 2.75) is 13.3 Å². The van der Waals surface area contributed by atoms with Crippen LogP contribution in [0.4, 0.5) is 0 Å². The predicted molar refractivity (Wildman–Crippen MR) is 102 cm³/mol. The van der Waals surface area contributed by atoms with Crippen molar-refractivity contribution in [3.8, 4) is 17.2 Å². The first kappa shape index (κ1) is 20.8. The highest BCUT2D eigenvalue weighted by atomic mass is 16.5. The molecule has 27 heavy (non-hydrogen) atoms. The molecule has 1 aliphatic rings. The van der Waals surface area contributed by atoms with Gasteiger partial charge in [-0.2, -0.15) is 0 Å². The lowest BCUT2D eigenvalue weighted by Crippen LogP contribution is -2.51. The van der Waals surface area contributed by atoms with E-state index in [0.29, 0.717) is 62.1 Å². The summed E-state index contributed by atoms with van der Waals surface area (Å²) in [6, 6.07) is 3.32. The van der Waals surface area contributed by atoms with Gasteiger partial charge in [-0.15, -0.1) is 0 Å². The number of carbonyl (C=O) groups is 2. The summed E-state index contributed by atoms with van der Waals surface area (Å²) < 4.78 is 15.9. The fourth-order valence-corrected chi connectivity index (χ4v) is 3.02. The van der Waals surface area contributed by atoms with Gasteiger partial charge in [0.05, 0.1) is 27.9 Å². The lowest BCUT2D eigenvalue weighted by atomic mass is 10.1. The second kappa shape index (κ2) is 10.0. The number of nitrogens with one attached hydrogen (secondary N) is 1. The highest BCUT2D eigenvalue weighted by Gasteiger charge is 2.25. The topological polar surface area (TPSA) is 80.3 Å². The fourth-order valence-electron chi connectivity index (χ4n) is 3.02. The molecule has 0 atom stereocenters. The molecule has 1 aromatic rings. The fraction of sp³-hybridized carbons (Fsp3) is 0.579. The molecule has 8 nitrogen and oxygen atoms in total. The normalized spacial score (nSPS) is 14.6. The highest BCUT2D eigenvalue weighted by Crippen LogP contribution is 2.38. The average molecular weight is 379 g/mol. The van der Waals surface area contributed by atoms with Crippen LogP contribution in [0.5, 0.6) is 17.2 Å². The number of piperazine rings is 1. The van der Waals surface area contributed by atoms with Crippen LogP contribution in [0, 0.1) is 0 Å². The van der Waals surface area contributed by atoms with Crippen LogP contribution in [-0.4, -0.2) is 82.2 Å². The van der Waals surface area contributed by atoms with E-state index in [-0.39, 0.29) is 11.8 Å². The summed E-state index contributed by atoms with van der Waals surface area (Å²) in [5, 5.41) is 2.87. The third-order valence-corrected chi connectivity index (χ3v) is 4.51. The molecule has 0 spiro atoms. The van der Waals surface area contributed by atoms with Crippen LogP contribution < -0.4 is 19.5 Å². The summed E-state index contributed by atoms with van der Waals surface area (Å²) in [6.45, 7) is 5.54. The number of hydrogen-bond donors (Lipinski definition) is 1. The quantitative estimate of drug-likeness (QED) is 0.726. The van der Waals surface area contributed by atoms with Crippen molar-refractivity contribution in [1.29, 1.82) is 0 Å². The van der Waals surface area contributed by atoms with Crippen molar-refractivity contribution >= 4 is 11.8 Å². The van der Waals surface area contributed by atoms with E-state index in [0.717, 1.165) is 6.42 Å². The first-order chi connectivity index (χ1) is 13.0. The Kier molecular flexibility index (Phi) is 7.72. The summed E-state index contributed by atoms with van der Waals surface area (Å²) in [5.41, 5.74) is 0.485. The second-order valence-corrected chi connectivity index (χ2v) is 6.33. The van der Waals surface area contributed by atoms with E-state index in [4.69, 9.17) is 14.2 Å². The van der Waals surface area contributed by atoms with E-state index in [1.165, 1.54) is 21.3 Å². The van der Waals surface area contributed by atoms with Crippen LogP contribution in [0.25, 0.3) is 0 Å². The van der Waals surface area contributed by atoms with E-state index in [1.807, 2.05) is 6.92 Å². The number of nitrogens with zero attached hydrogens (tertiary/aromatic N) is 2. The third kappa shape index (κ3) is 5.26. The minimum Gasteiger partial charge on any atom is -0.493 e. The summed E-state index contributed by atoms with van der Waals surface area (Å²) in [5.74, 6) is 1.29. The lowest BCUT2D eigenvalue weighted by Gasteiger charge is -2.34. The molecular weight excluding hydrogens is 350 g/mol. The van der Waals surface area contributed by atoms with Crippen LogP contribution in [0.15, 0.2) is 12.1 Å². The first-order valence-corrected chi connectivity index (χ1v) is 9.12. The molecule has 1 heterocycles. The zero-order valence-corrected chi connectivity index (χ0v) is 16.5. The number of ether oxygens (including phenoxy) is 3. The van der Waals surface area contributed by atoms with Gasteiger partial charge in [-0.25, -0.2) is 0 Å². The van der Waals surface area contributed by atoms with Gasteiger partial charge in [0, 0.05) is 38.3 Å². The predicted octanol–water partition coefficient (Wildman–Crippen LogP) is 0.996. The van der Waals surface area contributed by atoms with Crippen LogP contribution in [-0.2, 0) is 4.79 Å². The molecule has 150 valence electrons. The average Bonchev–Trinajstić information content (AvgIpc) is 2.71. The van der Waals surface area contributed by atoms with E-state index >= 15 is 0 Å². The van der Waals surface area contributed by atoms with Crippen molar-refractivity contribution in [3.05, 3.63) is 17.7 Å². The van der Waals surface area contributed by atoms with Crippen LogP contribution in [0.1, 0.15) is 23.7 Å². The van der Waals surface area contributed by atoms with Gasteiger partial charge >= 0.3 is 0 Å². The smallest absolute Gasteiger partial charge is 0.254 e. The molecule has 0 unspecified atom stereocenters.